The van der Waals surface area contributed by atoms with Gasteiger partial charge in [0, 0.05) is 0 Å². The van der Waals surface area contributed by atoms with E-state index in [1.807, 2.05) is 11.8 Å². The van der Waals surface area contributed by atoms with Crippen LogP contribution < -0.4 is 0 Å². The predicted octanol–water partition coefficient (Wildman–Crippen LogP) is 4.04. The Morgan fingerprint density at radius 2 is 2.40 bits per heavy atom. The molecule has 0 aliphatic heterocycles. The van der Waals surface area contributed by atoms with E-state index < -0.39 is 0 Å². The highest BCUT2D eigenvalue weighted by Crippen LogP contribution is 2.28. The monoisotopic (exact) mass is 208 g/mol. The van der Waals surface area contributed by atoms with E-state index in [0.717, 1.165) is 3.82 Å². The molecule has 0 atom stereocenters. The lowest BCUT2D eigenvalue weighted by atomic mass is 10.6. The smallest absolute Gasteiger partial charge is 0.103 e. The first kappa shape index (κ1) is 8.71. The van der Waals surface area contributed by atoms with Gasteiger partial charge >= 0.3 is 0 Å². The summed E-state index contributed by atoms with van der Waals surface area (Å²) in [6, 6.07) is 2.09. The molecule has 0 saturated carbocycles. The van der Waals surface area contributed by atoms with Crippen LogP contribution in [-0.4, -0.2) is 5.75 Å². The number of hydrogen-bond acceptors (Lipinski definition) is 4. The number of rotatable bonds is 3. The summed E-state index contributed by atoms with van der Waals surface area (Å²) in [5, 5.41) is 0. The Labute approximate surface area is 77.7 Å². The number of thioether (sulfide) groups is 1. The third-order valence-electron chi connectivity index (χ3n) is 0.890. The minimum atomic E-state index is 1.02. The van der Waals surface area contributed by atoms with Crippen LogP contribution in [0.15, 0.2) is 10.3 Å². The fraction of sp³-hybridized carbons (Fsp3) is 0.500. The van der Waals surface area contributed by atoms with Gasteiger partial charge in [0.25, 0.3) is 0 Å². The van der Waals surface area contributed by atoms with E-state index in [4.69, 9.17) is 12.2 Å². The summed E-state index contributed by atoms with van der Waals surface area (Å²) in [5.74, 6) is 1.21. The van der Waals surface area contributed by atoms with Crippen molar-refractivity contribution >= 4 is 44.7 Å². The van der Waals surface area contributed by atoms with Crippen molar-refractivity contribution in [3.05, 3.63) is 9.89 Å². The van der Waals surface area contributed by atoms with E-state index >= 15 is 0 Å². The zero-order valence-electron chi connectivity index (χ0n) is 5.62. The Hall–Kier alpha value is 0.620. The molecule has 0 spiro atoms. The van der Waals surface area contributed by atoms with Gasteiger partial charge in [-0.2, -0.15) is 0 Å². The van der Waals surface area contributed by atoms with Gasteiger partial charge in [-0.05, 0) is 18.2 Å². The lowest BCUT2D eigenvalue weighted by Gasteiger charge is -1.89. The van der Waals surface area contributed by atoms with Crippen molar-refractivity contribution in [1.82, 2.24) is 0 Å². The molecular formula is C6H8S4. The summed E-state index contributed by atoms with van der Waals surface area (Å²) >= 11 is 6.90. The van der Waals surface area contributed by atoms with E-state index in [1.54, 1.807) is 20.7 Å². The average molecular weight is 208 g/mol. The van der Waals surface area contributed by atoms with Gasteiger partial charge in [0.2, 0.25) is 0 Å². The molecule has 0 amide bonds. The van der Waals surface area contributed by atoms with Crippen molar-refractivity contribution < 1.29 is 0 Å². The van der Waals surface area contributed by atoms with Gasteiger partial charge in [-0.15, -0.1) is 11.8 Å². The highest BCUT2D eigenvalue weighted by atomic mass is 32.9. The van der Waals surface area contributed by atoms with Crippen molar-refractivity contribution in [3.63, 3.8) is 0 Å². The maximum absolute atomic E-state index is 5.00. The van der Waals surface area contributed by atoms with Crippen molar-refractivity contribution in [2.75, 3.05) is 5.75 Å². The third-order valence-corrected chi connectivity index (χ3v) is 5.48. The largest absolute Gasteiger partial charge is 0.115 e. The van der Waals surface area contributed by atoms with E-state index in [1.165, 1.54) is 16.4 Å². The first-order valence-corrected chi connectivity index (χ1v) is 6.60. The molecule has 4 heteroatoms. The molecule has 1 aromatic heterocycles. The quantitative estimate of drug-likeness (QED) is 0.418. The lowest BCUT2D eigenvalue weighted by molar-refractivity contribution is 1.11. The Bertz CT molecular complexity index is 234. The average Bonchev–Trinajstić information content (AvgIpc) is 2.31. The Morgan fingerprint density at radius 1 is 1.60 bits per heavy atom. The third kappa shape index (κ3) is 2.70. The molecule has 0 aromatic carbocycles. The van der Waals surface area contributed by atoms with Crippen molar-refractivity contribution in [2.24, 2.45) is 0 Å². The lowest BCUT2D eigenvalue weighted by Crippen LogP contribution is -1.68. The van der Waals surface area contributed by atoms with Gasteiger partial charge in [-0.3, -0.25) is 0 Å². The second-order valence-corrected chi connectivity index (χ2v) is 6.10. The molecule has 0 nitrogen and oxygen atoms in total. The normalized spacial score (nSPS) is 10.1. The summed E-state index contributed by atoms with van der Waals surface area (Å²) in [6.45, 7) is 2.19. The van der Waals surface area contributed by atoms with Crippen LogP contribution in [0.25, 0.3) is 0 Å². The van der Waals surface area contributed by atoms with Crippen LogP contribution in [0.3, 0.4) is 0 Å². The standard InChI is InChI=1S/C6H8S4/c1-2-3-8-6-4-5(7)9-10-6/h4H,2-3H2,1H3. The fourth-order valence-electron chi connectivity index (χ4n) is 0.495. The summed E-state index contributed by atoms with van der Waals surface area (Å²) in [4.78, 5) is 0. The maximum atomic E-state index is 5.00. The summed E-state index contributed by atoms with van der Waals surface area (Å²) in [5.41, 5.74) is 0. The van der Waals surface area contributed by atoms with Crippen LogP contribution in [0, 0.1) is 3.82 Å². The molecule has 0 unspecified atom stereocenters. The van der Waals surface area contributed by atoms with Crippen LogP contribution in [0.4, 0.5) is 0 Å². The Kier molecular flexibility index (Phi) is 3.91. The Morgan fingerprint density at radius 3 is 2.90 bits per heavy atom. The highest BCUT2D eigenvalue weighted by Gasteiger charge is 1.93. The van der Waals surface area contributed by atoms with Crippen LogP contribution in [0.5, 0.6) is 0 Å². The molecule has 0 aliphatic rings. The topological polar surface area (TPSA) is 0 Å². The van der Waals surface area contributed by atoms with Crippen molar-refractivity contribution in [2.45, 2.75) is 17.6 Å². The molecule has 1 aromatic rings. The van der Waals surface area contributed by atoms with Crippen LogP contribution in [-0.2, 0) is 0 Å². The van der Waals surface area contributed by atoms with E-state index in [-0.39, 0.29) is 0 Å². The molecular weight excluding hydrogens is 200 g/mol. The second kappa shape index (κ2) is 4.49. The van der Waals surface area contributed by atoms with Gasteiger partial charge < -0.3 is 0 Å². The first-order valence-electron chi connectivity index (χ1n) is 3.06. The minimum absolute atomic E-state index is 1.02. The van der Waals surface area contributed by atoms with Gasteiger partial charge in [-0.1, -0.05) is 39.8 Å². The van der Waals surface area contributed by atoms with Gasteiger partial charge in [0.15, 0.2) is 0 Å². The van der Waals surface area contributed by atoms with E-state index in [0.29, 0.717) is 0 Å². The molecule has 1 rings (SSSR count). The number of hydrogen-bond donors (Lipinski definition) is 0. The SMILES string of the molecule is CCCSc1cc(=S)ss1. The predicted molar refractivity (Wildman–Crippen MR) is 54.0 cm³/mol. The zero-order valence-corrected chi connectivity index (χ0v) is 8.89. The van der Waals surface area contributed by atoms with Crippen molar-refractivity contribution in [3.8, 4) is 0 Å². The van der Waals surface area contributed by atoms with Gasteiger partial charge in [-0.25, -0.2) is 0 Å². The highest BCUT2D eigenvalue weighted by molar-refractivity contribution is 8.02. The van der Waals surface area contributed by atoms with Crippen LogP contribution in [0.1, 0.15) is 13.3 Å². The van der Waals surface area contributed by atoms with Gasteiger partial charge in [0.1, 0.15) is 3.82 Å². The molecule has 0 radical (unpaired) electrons. The first-order chi connectivity index (χ1) is 4.83. The Balaban J connectivity index is 2.50. The zero-order chi connectivity index (χ0) is 7.40. The molecule has 0 saturated heterocycles. The summed E-state index contributed by atoms with van der Waals surface area (Å²) in [7, 11) is 3.48. The van der Waals surface area contributed by atoms with Gasteiger partial charge in [0.05, 0.1) is 4.21 Å². The molecule has 1 heterocycles. The minimum Gasteiger partial charge on any atom is -0.115 e. The molecule has 0 N–H and O–H groups in total. The van der Waals surface area contributed by atoms with E-state index in [9.17, 15) is 0 Å². The van der Waals surface area contributed by atoms with Crippen LogP contribution in [0.2, 0.25) is 0 Å². The molecule has 0 fully saturated rings. The van der Waals surface area contributed by atoms with E-state index in [2.05, 4.69) is 13.0 Å². The summed E-state index contributed by atoms with van der Waals surface area (Å²) in [6.07, 6.45) is 1.24. The summed E-state index contributed by atoms with van der Waals surface area (Å²) < 4.78 is 2.39. The second-order valence-electron chi connectivity index (χ2n) is 1.80. The van der Waals surface area contributed by atoms with Crippen LogP contribution >= 0.6 is 44.7 Å². The molecule has 0 bridgehead atoms. The molecule has 10 heavy (non-hydrogen) atoms. The molecule has 0 aliphatic carbocycles. The fourth-order valence-corrected chi connectivity index (χ4v) is 4.28. The van der Waals surface area contributed by atoms with Crippen molar-refractivity contribution in [1.29, 1.82) is 0 Å². The maximum Gasteiger partial charge on any atom is 0.103 e. The molecule has 56 valence electrons.